The van der Waals surface area contributed by atoms with Gasteiger partial charge in [-0.3, -0.25) is 4.79 Å². The second kappa shape index (κ2) is 10.2. The fourth-order valence-corrected chi connectivity index (χ4v) is 2.55. The van der Waals surface area contributed by atoms with Gasteiger partial charge in [-0.05, 0) is 23.1 Å². The van der Waals surface area contributed by atoms with Crippen LogP contribution in [0.1, 0.15) is 25.3 Å². The van der Waals surface area contributed by atoms with E-state index in [1.807, 2.05) is 37.3 Å². The monoisotopic (exact) mass is 353 g/mol. The molecule has 0 radical (unpaired) electrons. The number of nitrogens with one attached hydrogen (secondary N) is 2. The molecular weight excluding hydrogens is 326 g/mol. The zero-order chi connectivity index (χ0) is 18.8. The van der Waals surface area contributed by atoms with Crippen molar-refractivity contribution in [2.24, 2.45) is 0 Å². The van der Waals surface area contributed by atoms with E-state index < -0.39 is 0 Å². The average Bonchev–Trinajstić information content (AvgIpc) is 2.67. The molecular formula is C21H27N3O2. The van der Waals surface area contributed by atoms with Gasteiger partial charge in [-0.1, -0.05) is 61.5 Å². The van der Waals surface area contributed by atoms with Crippen molar-refractivity contribution in [2.75, 3.05) is 20.1 Å². The van der Waals surface area contributed by atoms with Crippen molar-refractivity contribution < 1.29 is 9.59 Å². The molecule has 5 heteroatoms. The first-order valence-electron chi connectivity index (χ1n) is 9.00. The van der Waals surface area contributed by atoms with Gasteiger partial charge in [0.05, 0.1) is 0 Å². The Balaban J connectivity index is 1.78. The average molecular weight is 353 g/mol. The summed E-state index contributed by atoms with van der Waals surface area (Å²) in [5.74, 6) is -0.0358. The second-order valence-corrected chi connectivity index (χ2v) is 6.25. The number of rotatable bonds is 8. The van der Waals surface area contributed by atoms with E-state index in [0.29, 0.717) is 26.1 Å². The van der Waals surface area contributed by atoms with Gasteiger partial charge < -0.3 is 15.5 Å². The van der Waals surface area contributed by atoms with Gasteiger partial charge in [-0.25, -0.2) is 4.79 Å². The lowest BCUT2D eigenvalue weighted by atomic mass is 10.0. The maximum absolute atomic E-state index is 12.1. The SMILES string of the molecule is CCCNC(=O)CCNC(=O)N(C)Cc1ccc(-c2ccccc2)cc1. The maximum Gasteiger partial charge on any atom is 0.317 e. The standard InChI is InChI=1S/C21H27N3O2/c1-3-14-22-20(25)13-15-23-21(26)24(2)16-17-9-11-19(12-10-17)18-7-5-4-6-8-18/h4-12H,3,13-16H2,1-2H3,(H,22,25)(H,23,26). The zero-order valence-electron chi connectivity index (χ0n) is 15.5. The van der Waals surface area contributed by atoms with E-state index in [2.05, 4.69) is 34.9 Å². The number of carbonyl (C=O) groups is 2. The summed E-state index contributed by atoms with van der Waals surface area (Å²) in [5, 5.41) is 5.56. The molecule has 0 aromatic heterocycles. The molecule has 0 bridgehead atoms. The summed E-state index contributed by atoms with van der Waals surface area (Å²) in [4.78, 5) is 25.2. The maximum atomic E-state index is 12.1. The number of urea groups is 1. The molecule has 2 rings (SSSR count). The van der Waals surface area contributed by atoms with Crippen molar-refractivity contribution in [1.82, 2.24) is 15.5 Å². The first-order chi connectivity index (χ1) is 12.6. The topological polar surface area (TPSA) is 61.4 Å². The zero-order valence-corrected chi connectivity index (χ0v) is 15.5. The Hall–Kier alpha value is -2.82. The summed E-state index contributed by atoms with van der Waals surface area (Å²) in [6.45, 7) is 3.53. The lowest BCUT2D eigenvalue weighted by molar-refractivity contribution is -0.120. The van der Waals surface area contributed by atoms with Crippen molar-refractivity contribution in [1.29, 1.82) is 0 Å². The van der Waals surface area contributed by atoms with Crippen molar-refractivity contribution in [3.8, 4) is 11.1 Å². The summed E-state index contributed by atoms with van der Waals surface area (Å²) < 4.78 is 0. The molecule has 2 aromatic carbocycles. The fourth-order valence-electron chi connectivity index (χ4n) is 2.55. The number of hydrogen-bond donors (Lipinski definition) is 2. The van der Waals surface area contributed by atoms with Gasteiger partial charge in [0, 0.05) is 33.1 Å². The van der Waals surface area contributed by atoms with Crippen LogP contribution >= 0.6 is 0 Å². The Labute approximate surface area is 155 Å². The van der Waals surface area contributed by atoms with Gasteiger partial charge in [0.15, 0.2) is 0 Å². The number of carbonyl (C=O) groups excluding carboxylic acids is 2. The van der Waals surface area contributed by atoms with Crippen molar-refractivity contribution >= 4 is 11.9 Å². The van der Waals surface area contributed by atoms with Crippen molar-refractivity contribution in [3.63, 3.8) is 0 Å². The highest BCUT2D eigenvalue weighted by Crippen LogP contribution is 2.19. The van der Waals surface area contributed by atoms with Crippen LogP contribution in [0.25, 0.3) is 11.1 Å². The molecule has 0 fully saturated rings. The van der Waals surface area contributed by atoms with E-state index in [9.17, 15) is 9.59 Å². The highest BCUT2D eigenvalue weighted by molar-refractivity contribution is 5.78. The Morgan fingerprint density at radius 3 is 2.19 bits per heavy atom. The quantitative estimate of drug-likeness (QED) is 0.764. The highest BCUT2D eigenvalue weighted by Gasteiger charge is 2.09. The molecule has 0 saturated carbocycles. The third-order valence-corrected chi connectivity index (χ3v) is 4.03. The smallest absolute Gasteiger partial charge is 0.317 e. The van der Waals surface area contributed by atoms with Crippen LogP contribution in [0.15, 0.2) is 54.6 Å². The van der Waals surface area contributed by atoms with E-state index in [-0.39, 0.29) is 11.9 Å². The summed E-state index contributed by atoms with van der Waals surface area (Å²) in [7, 11) is 1.75. The minimum atomic E-state index is -0.180. The van der Waals surface area contributed by atoms with Gasteiger partial charge in [0.1, 0.15) is 0 Å². The predicted octanol–water partition coefficient (Wildman–Crippen LogP) is 3.41. The van der Waals surface area contributed by atoms with Crippen LogP contribution in [0.2, 0.25) is 0 Å². The number of benzene rings is 2. The van der Waals surface area contributed by atoms with E-state index in [1.165, 1.54) is 5.56 Å². The first-order valence-corrected chi connectivity index (χ1v) is 9.00. The predicted molar refractivity (Wildman–Crippen MR) is 105 cm³/mol. The molecule has 0 heterocycles. The largest absolute Gasteiger partial charge is 0.356 e. The third kappa shape index (κ3) is 6.24. The summed E-state index contributed by atoms with van der Waals surface area (Å²) in [6, 6.07) is 18.2. The lowest BCUT2D eigenvalue weighted by Crippen LogP contribution is -2.38. The first kappa shape index (κ1) is 19.5. The molecule has 138 valence electrons. The van der Waals surface area contributed by atoms with Crippen LogP contribution < -0.4 is 10.6 Å². The van der Waals surface area contributed by atoms with Crippen LogP contribution in [0, 0.1) is 0 Å². The second-order valence-electron chi connectivity index (χ2n) is 6.25. The normalized spacial score (nSPS) is 10.2. The van der Waals surface area contributed by atoms with Crippen LogP contribution in [0.3, 0.4) is 0 Å². The minimum absolute atomic E-state index is 0.0358. The van der Waals surface area contributed by atoms with Gasteiger partial charge in [-0.2, -0.15) is 0 Å². The van der Waals surface area contributed by atoms with Crippen LogP contribution in [0.5, 0.6) is 0 Å². The molecule has 26 heavy (non-hydrogen) atoms. The number of amides is 3. The molecule has 0 aliphatic heterocycles. The number of nitrogens with zero attached hydrogens (tertiary/aromatic N) is 1. The summed E-state index contributed by atoms with van der Waals surface area (Å²) in [6.07, 6.45) is 1.20. The van der Waals surface area contributed by atoms with Gasteiger partial charge in [0.25, 0.3) is 0 Å². The van der Waals surface area contributed by atoms with E-state index >= 15 is 0 Å². The molecule has 2 N–H and O–H groups in total. The third-order valence-electron chi connectivity index (χ3n) is 4.03. The Morgan fingerprint density at radius 1 is 0.885 bits per heavy atom. The summed E-state index contributed by atoms with van der Waals surface area (Å²) >= 11 is 0. The lowest BCUT2D eigenvalue weighted by Gasteiger charge is -2.18. The highest BCUT2D eigenvalue weighted by atomic mass is 16.2. The van der Waals surface area contributed by atoms with Crippen LogP contribution in [0.4, 0.5) is 4.79 Å². The molecule has 5 nitrogen and oxygen atoms in total. The minimum Gasteiger partial charge on any atom is -0.356 e. The molecule has 2 aromatic rings. The van der Waals surface area contributed by atoms with Crippen molar-refractivity contribution in [3.05, 3.63) is 60.2 Å². The molecule has 0 aliphatic carbocycles. The molecule has 0 saturated heterocycles. The van der Waals surface area contributed by atoms with Crippen molar-refractivity contribution in [2.45, 2.75) is 26.3 Å². The Kier molecular flexibility index (Phi) is 7.68. The van der Waals surface area contributed by atoms with E-state index in [4.69, 9.17) is 0 Å². The van der Waals surface area contributed by atoms with E-state index in [1.54, 1.807) is 11.9 Å². The molecule has 0 unspecified atom stereocenters. The molecule has 0 aliphatic rings. The molecule has 0 spiro atoms. The number of hydrogen-bond acceptors (Lipinski definition) is 2. The van der Waals surface area contributed by atoms with Gasteiger partial charge in [0.2, 0.25) is 5.91 Å². The van der Waals surface area contributed by atoms with Crippen LogP contribution in [-0.4, -0.2) is 37.0 Å². The summed E-state index contributed by atoms with van der Waals surface area (Å²) in [5.41, 5.74) is 3.38. The fraction of sp³-hybridized carbons (Fsp3) is 0.333. The Morgan fingerprint density at radius 2 is 1.54 bits per heavy atom. The van der Waals surface area contributed by atoms with Gasteiger partial charge in [-0.15, -0.1) is 0 Å². The van der Waals surface area contributed by atoms with Crippen LogP contribution in [-0.2, 0) is 11.3 Å². The molecule has 0 atom stereocenters. The van der Waals surface area contributed by atoms with Gasteiger partial charge >= 0.3 is 6.03 Å². The van der Waals surface area contributed by atoms with E-state index in [0.717, 1.165) is 17.5 Å². The Bertz CT molecular complexity index is 699. The molecule has 3 amide bonds.